The SMILES string of the molecule is Cc1ccc(C(=O)COn2cccn2)cc1. The Morgan fingerprint density at radius 3 is 2.75 bits per heavy atom. The van der Waals surface area contributed by atoms with Crippen molar-refractivity contribution in [2.24, 2.45) is 0 Å². The van der Waals surface area contributed by atoms with Gasteiger partial charge in [0.15, 0.2) is 6.61 Å². The molecule has 2 aromatic rings. The number of hydrogen-bond acceptors (Lipinski definition) is 3. The van der Waals surface area contributed by atoms with Crippen molar-refractivity contribution < 1.29 is 9.63 Å². The molecule has 0 fully saturated rings. The standard InChI is InChI=1S/C12H12N2O2/c1-10-3-5-11(6-4-10)12(15)9-16-14-8-2-7-13-14/h2-8H,9H2,1H3. The highest BCUT2D eigenvalue weighted by Gasteiger charge is 2.06. The van der Waals surface area contributed by atoms with Crippen molar-refractivity contribution >= 4 is 5.78 Å². The number of ketones is 1. The number of benzene rings is 1. The van der Waals surface area contributed by atoms with Crippen LogP contribution in [0.4, 0.5) is 0 Å². The maximum atomic E-state index is 11.7. The van der Waals surface area contributed by atoms with Gasteiger partial charge in [-0.05, 0) is 13.0 Å². The highest BCUT2D eigenvalue weighted by molar-refractivity contribution is 5.97. The normalized spacial score (nSPS) is 10.1. The summed E-state index contributed by atoms with van der Waals surface area (Å²) < 4.78 is 0. The molecule has 0 saturated carbocycles. The fourth-order valence-electron chi connectivity index (χ4n) is 1.28. The molecule has 4 heteroatoms. The van der Waals surface area contributed by atoms with Gasteiger partial charge < -0.3 is 4.84 Å². The van der Waals surface area contributed by atoms with E-state index >= 15 is 0 Å². The number of aryl methyl sites for hydroxylation is 1. The fourth-order valence-corrected chi connectivity index (χ4v) is 1.28. The van der Waals surface area contributed by atoms with E-state index in [1.807, 2.05) is 19.1 Å². The first-order valence-electron chi connectivity index (χ1n) is 4.98. The first kappa shape index (κ1) is 10.4. The lowest BCUT2D eigenvalue weighted by molar-refractivity contribution is 0.0608. The molecule has 1 aromatic carbocycles. The van der Waals surface area contributed by atoms with Gasteiger partial charge in [0.1, 0.15) is 0 Å². The minimum Gasteiger partial charge on any atom is -0.388 e. The Kier molecular flexibility index (Phi) is 3.00. The Hall–Kier alpha value is -2.10. The second-order valence-electron chi connectivity index (χ2n) is 3.47. The van der Waals surface area contributed by atoms with E-state index in [1.54, 1.807) is 30.6 Å². The van der Waals surface area contributed by atoms with Gasteiger partial charge in [-0.2, -0.15) is 0 Å². The Morgan fingerprint density at radius 1 is 1.38 bits per heavy atom. The van der Waals surface area contributed by atoms with Crippen LogP contribution < -0.4 is 4.84 Å². The van der Waals surface area contributed by atoms with Crippen LogP contribution in [0, 0.1) is 6.92 Å². The largest absolute Gasteiger partial charge is 0.388 e. The minimum atomic E-state index is -0.0597. The van der Waals surface area contributed by atoms with Gasteiger partial charge in [-0.3, -0.25) is 4.79 Å². The van der Waals surface area contributed by atoms with Gasteiger partial charge in [-0.15, -0.1) is 9.94 Å². The third-order valence-corrected chi connectivity index (χ3v) is 2.18. The van der Waals surface area contributed by atoms with E-state index in [0.717, 1.165) is 5.56 Å². The average molecular weight is 216 g/mol. The smallest absolute Gasteiger partial charge is 0.203 e. The summed E-state index contributed by atoms with van der Waals surface area (Å²) in [5.74, 6) is -0.0597. The van der Waals surface area contributed by atoms with Crippen LogP contribution in [0.25, 0.3) is 0 Å². The van der Waals surface area contributed by atoms with Crippen LogP contribution in [0.2, 0.25) is 0 Å². The first-order valence-corrected chi connectivity index (χ1v) is 4.98. The van der Waals surface area contributed by atoms with Crippen molar-refractivity contribution in [3.63, 3.8) is 0 Å². The monoisotopic (exact) mass is 216 g/mol. The van der Waals surface area contributed by atoms with E-state index in [2.05, 4.69) is 5.10 Å². The van der Waals surface area contributed by atoms with Crippen LogP contribution in [0.1, 0.15) is 15.9 Å². The zero-order valence-electron chi connectivity index (χ0n) is 8.96. The molecule has 0 atom stereocenters. The van der Waals surface area contributed by atoms with Crippen LogP contribution in [0.3, 0.4) is 0 Å². The summed E-state index contributed by atoms with van der Waals surface area (Å²) in [6, 6.07) is 9.13. The highest BCUT2D eigenvalue weighted by Crippen LogP contribution is 2.03. The maximum absolute atomic E-state index is 11.7. The van der Waals surface area contributed by atoms with Gasteiger partial charge in [0, 0.05) is 5.56 Å². The quantitative estimate of drug-likeness (QED) is 0.727. The van der Waals surface area contributed by atoms with E-state index < -0.39 is 0 Å². The van der Waals surface area contributed by atoms with Crippen molar-refractivity contribution in [3.05, 3.63) is 53.9 Å². The van der Waals surface area contributed by atoms with Gasteiger partial charge in [-0.1, -0.05) is 29.8 Å². The molecule has 0 bridgehead atoms. The van der Waals surface area contributed by atoms with Crippen molar-refractivity contribution in [2.75, 3.05) is 6.61 Å². The lowest BCUT2D eigenvalue weighted by Gasteiger charge is -2.04. The van der Waals surface area contributed by atoms with Crippen molar-refractivity contribution in [3.8, 4) is 0 Å². The zero-order chi connectivity index (χ0) is 11.4. The summed E-state index contributed by atoms with van der Waals surface area (Å²) in [5.41, 5.74) is 1.78. The summed E-state index contributed by atoms with van der Waals surface area (Å²) in [7, 11) is 0. The molecule has 0 N–H and O–H groups in total. The number of aromatic nitrogens is 2. The summed E-state index contributed by atoms with van der Waals surface area (Å²) in [4.78, 5) is 18.1. The van der Waals surface area contributed by atoms with Crippen LogP contribution in [0.5, 0.6) is 0 Å². The molecular weight excluding hydrogens is 204 g/mol. The first-order chi connectivity index (χ1) is 7.75. The molecule has 2 rings (SSSR count). The molecule has 0 radical (unpaired) electrons. The molecule has 0 saturated heterocycles. The van der Waals surface area contributed by atoms with Gasteiger partial charge >= 0.3 is 0 Å². The number of Topliss-reactive ketones (excluding diaryl/α,β-unsaturated/α-hetero) is 1. The van der Waals surface area contributed by atoms with Crippen molar-refractivity contribution in [1.29, 1.82) is 0 Å². The number of carbonyl (C=O) groups excluding carboxylic acids is 1. The van der Waals surface area contributed by atoms with Crippen molar-refractivity contribution in [2.45, 2.75) is 6.92 Å². The number of carbonyl (C=O) groups is 1. The molecule has 0 aliphatic carbocycles. The molecule has 82 valence electrons. The minimum absolute atomic E-state index is 0.00919. The summed E-state index contributed by atoms with van der Waals surface area (Å²) in [5, 5.41) is 3.84. The van der Waals surface area contributed by atoms with Crippen molar-refractivity contribution in [1.82, 2.24) is 9.94 Å². The molecule has 0 aliphatic rings. The topological polar surface area (TPSA) is 44.1 Å². The Balaban J connectivity index is 1.95. The summed E-state index contributed by atoms with van der Waals surface area (Å²) >= 11 is 0. The van der Waals surface area contributed by atoms with Crippen LogP contribution in [0.15, 0.2) is 42.7 Å². The number of hydrogen-bond donors (Lipinski definition) is 0. The van der Waals surface area contributed by atoms with E-state index in [9.17, 15) is 4.79 Å². The van der Waals surface area contributed by atoms with E-state index in [1.165, 1.54) is 4.85 Å². The molecule has 4 nitrogen and oxygen atoms in total. The molecule has 0 unspecified atom stereocenters. The van der Waals surface area contributed by atoms with Gasteiger partial charge in [0.2, 0.25) is 5.78 Å². The highest BCUT2D eigenvalue weighted by atomic mass is 16.7. The van der Waals surface area contributed by atoms with Gasteiger partial charge in [-0.25, -0.2) is 0 Å². The van der Waals surface area contributed by atoms with Crippen LogP contribution in [-0.2, 0) is 0 Å². The summed E-state index contributed by atoms with van der Waals surface area (Å²) in [6.07, 6.45) is 3.23. The van der Waals surface area contributed by atoms with E-state index in [0.29, 0.717) is 5.56 Å². The Bertz CT molecular complexity index is 460. The van der Waals surface area contributed by atoms with Gasteiger partial charge in [0.05, 0.1) is 12.4 Å². The third kappa shape index (κ3) is 2.48. The zero-order valence-corrected chi connectivity index (χ0v) is 8.96. The second-order valence-corrected chi connectivity index (χ2v) is 3.47. The predicted molar refractivity (Wildman–Crippen MR) is 59.2 cm³/mol. The van der Waals surface area contributed by atoms with E-state index in [4.69, 9.17) is 4.84 Å². The van der Waals surface area contributed by atoms with E-state index in [-0.39, 0.29) is 12.4 Å². The molecule has 1 aromatic heterocycles. The number of rotatable bonds is 4. The number of nitrogens with zero attached hydrogens (tertiary/aromatic N) is 2. The van der Waals surface area contributed by atoms with Crippen LogP contribution >= 0.6 is 0 Å². The predicted octanol–water partition coefficient (Wildman–Crippen LogP) is 1.50. The lowest BCUT2D eigenvalue weighted by atomic mass is 10.1. The molecule has 1 heterocycles. The molecular formula is C12H12N2O2. The Morgan fingerprint density at radius 2 is 2.12 bits per heavy atom. The summed E-state index contributed by atoms with van der Waals surface area (Å²) in [6.45, 7) is 1.97. The molecule has 0 amide bonds. The third-order valence-electron chi connectivity index (χ3n) is 2.18. The molecule has 16 heavy (non-hydrogen) atoms. The second kappa shape index (κ2) is 4.61. The van der Waals surface area contributed by atoms with Crippen LogP contribution in [-0.4, -0.2) is 22.3 Å². The van der Waals surface area contributed by atoms with Gasteiger partial charge in [0.25, 0.3) is 0 Å². The Labute approximate surface area is 93.4 Å². The molecule has 0 aliphatic heterocycles. The fraction of sp³-hybridized carbons (Fsp3) is 0.167. The average Bonchev–Trinajstić information content (AvgIpc) is 2.80. The maximum Gasteiger partial charge on any atom is 0.203 e. The molecule has 0 spiro atoms. The lowest BCUT2D eigenvalue weighted by Crippen LogP contribution is -2.20.